The van der Waals surface area contributed by atoms with Gasteiger partial charge in [0.15, 0.2) is 0 Å². The van der Waals surface area contributed by atoms with Gasteiger partial charge in [0.2, 0.25) is 0 Å². The predicted molar refractivity (Wildman–Crippen MR) is 102 cm³/mol. The minimum absolute atomic E-state index is 0.517. The van der Waals surface area contributed by atoms with Gasteiger partial charge in [-0.3, -0.25) is 4.40 Å². The van der Waals surface area contributed by atoms with E-state index < -0.39 is 0 Å². The normalized spacial score (nSPS) is 12.1. The van der Waals surface area contributed by atoms with Crippen LogP contribution >= 0.6 is 0 Å². The Bertz CT molecular complexity index is 1230. The van der Waals surface area contributed by atoms with Gasteiger partial charge >= 0.3 is 0 Å². The number of benzene rings is 3. The average Bonchev–Trinajstić information content (AvgIpc) is 3.01. The molecule has 2 heteroatoms. The summed E-state index contributed by atoms with van der Waals surface area (Å²) in [5.41, 5.74) is 5.84. The van der Waals surface area contributed by atoms with Crippen molar-refractivity contribution >= 4 is 38.4 Å². The van der Waals surface area contributed by atoms with Crippen molar-refractivity contribution in [2.45, 2.75) is 19.8 Å². The molecular formula is C22H18N2. The van der Waals surface area contributed by atoms with Gasteiger partial charge in [0.1, 0.15) is 5.65 Å². The molecule has 2 nitrogen and oxygen atoms in total. The van der Waals surface area contributed by atoms with Crippen LogP contribution in [0.2, 0.25) is 0 Å². The summed E-state index contributed by atoms with van der Waals surface area (Å²) in [7, 11) is 0. The molecular weight excluding hydrogens is 292 g/mol. The molecule has 0 radical (unpaired) electrons. The van der Waals surface area contributed by atoms with E-state index >= 15 is 0 Å². The van der Waals surface area contributed by atoms with E-state index in [-0.39, 0.29) is 0 Å². The fourth-order valence-corrected chi connectivity index (χ4v) is 3.69. The Balaban J connectivity index is 2.11. The first kappa shape index (κ1) is 13.6. The molecule has 24 heavy (non-hydrogen) atoms. The van der Waals surface area contributed by atoms with Gasteiger partial charge in [0, 0.05) is 10.8 Å². The second-order valence-corrected chi connectivity index (χ2v) is 6.74. The summed E-state index contributed by atoms with van der Waals surface area (Å²) in [6.07, 6.45) is 0. The van der Waals surface area contributed by atoms with E-state index in [1.165, 1.54) is 32.8 Å². The van der Waals surface area contributed by atoms with Gasteiger partial charge in [-0.15, -0.1) is 0 Å². The van der Waals surface area contributed by atoms with E-state index in [4.69, 9.17) is 4.98 Å². The smallest absolute Gasteiger partial charge is 0.146 e. The Morgan fingerprint density at radius 2 is 1.50 bits per heavy atom. The molecule has 0 aliphatic carbocycles. The zero-order valence-corrected chi connectivity index (χ0v) is 13.8. The van der Waals surface area contributed by atoms with Gasteiger partial charge in [-0.2, -0.15) is 0 Å². The van der Waals surface area contributed by atoms with E-state index in [1.54, 1.807) is 0 Å². The Kier molecular flexibility index (Phi) is 2.72. The van der Waals surface area contributed by atoms with Crippen molar-refractivity contribution in [3.63, 3.8) is 0 Å². The van der Waals surface area contributed by atoms with Crippen LogP contribution in [0.1, 0.15) is 25.3 Å². The maximum atomic E-state index is 4.93. The first-order chi connectivity index (χ1) is 11.7. The number of pyridine rings is 1. The van der Waals surface area contributed by atoms with Gasteiger partial charge in [-0.25, -0.2) is 4.98 Å². The number of hydrogen-bond donors (Lipinski definition) is 0. The van der Waals surface area contributed by atoms with Crippen LogP contribution in [-0.4, -0.2) is 9.38 Å². The van der Waals surface area contributed by atoms with Crippen molar-refractivity contribution in [2.75, 3.05) is 0 Å². The molecule has 0 atom stereocenters. The molecule has 0 saturated carbocycles. The molecule has 5 rings (SSSR count). The van der Waals surface area contributed by atoms with Crippen LogP contribution in [0.5, 0.6) is 0 Å². The third-order valence-corrected chi connectivity index (χ3v) is 4.95. The van der Waals surface area contributed by atoms with Crippen LogP contribution in [0.4, 0.5) is 0 Å². The summed E-state index contributed by atoms with van der Waals surface area (Å²) < 4.78 is 2.29. The van der Waals surface area contributed by atoms with E-state index in [2.05, 4.69) is 85.0 Å². The van der Waals surface area contributed by atoms with E-state index in [9.17, 15) is 0 Å². The number of rotatable bonds is 1. The maximum absolute atomic E-state index is 4.93. The molecule has 0 saturated heterocycles. The first-order valence-electron chi connectivity index (χ1n) is 8.45. The molecule has 116 valence electrons. The number of nitrogens with zero attached hydrogens (tertiary/aromatic N) is 2. The molecule has 0 aliphatic rings. The van der Waals surface area contributed by atoms with Gasteiger partial charge in [0.05, 0.1) is 16.6 Å². The zero-order valence-electron chi connectivity index (χ0n) is 13.8. The van der Waals surface area contributed by atoms with Crippen molar-refractivity contribution in [2.24, 2.45) is 0 Å². The third-order valence-electron chi connectivity index (χ3n) is 4.95. The highest BCUT2D eigenvalue weighted by atomic mass is 15.0. The van der Waals surface area contributed by atoms with Gasteiger partial charge in [-0.05, 0) is 35.1 Å². The molecule has 5 aromatic rings. The minimum atomic E-state index is 0.517. The first-order valence-corrected chi connectivity index (χ1v) is 8.45. The number of hydrogen-bond acceptors (Lipinski definition) is 1. The Morgan fingerprint density at radius 1 is 0.750 bits per heavy atom. The number of para-hydroxylation sites is 3. The van der Waals surface area contributed by atoms with Crippen molar-refractivity contribution in [3.05, 3.63) is 72.3 Å². The standard InChI is InChI=1S/C22H18N2/c1-14(2)15-11-12-17-18(13-15)16-7-3-5-9-20(16)24-21-10-6-4-8-19(21)23-22(17)24/h3-14H,1-2H3. The lowest BCUT2D eigenvalue weighted by Gasteiger charge is -2.12. The second-order valence-electron chi connectivity index (χ2n) is 6.74. The lowest BCUT2D eigenvalue weighted by atomic mass is 9.97. The highest BCUT2D eigenvalue weighted by molar-refractivity contribution is 6.13. The van der Waals surface area contributed by atoms with E-state index in [1.807, 2.05) is 0 Å². The molecule has 3 aromatic carbocycles. The molecule has 0 N–H and O–H groups in total. The van der Waals surface area contributed by atoms with Gasteiger partial charge in [0.25, 0.3) is 0 Å². The maximum Gasteiger partial charge on any atom is 0.146 e. The summed E-state index contributed by atoms with van der Waals surface area (Å²) in [4.78, 5) is 4.93. The largest absolute Gasteiger partial charge is 0.292 e. The summed E-state index contributed by atoms with van der Waals surface area (Å²) in [6, 6.07) is 23.8. The summed E-state index contributed by atoms with van der Waals surface area (Å²) in [5, 5.41) is 3.79. The molecule has 0 unspecified atom stereocenters. The molecule has 0 aliphatic heterocycles. The lowest BCUT2D eigenvalue weighted by molar-refractivity contribution is 0.869. The summed E-state index contributed by atoms with van der Waals surface area (Å²) in [5.74, 6) is 0.517. The monoisotopic (exact) mass is 310 g/mol. The molecule has 0 spiro atoms. The fourth-order valence-electron chi connectivity index (χ4n) is 3.69. The average molecular weight is 310 g/mol. The zero-order chi connectivity index (χ0) is 16.3. The Hall–Kier alpha value is -2.87. The lowest BCUT2D eigenvalue weighted by Crippen LogP contribution is -1.93. The summed E-state index contributed by atoms with van der Waals surface area (Å²) in [6.45, 7) is 4.48. The van der Waals surface area contributed by atoms with Crippen molar-refractivity contribution < 1.29 is 0 Å². The number of aromatic nitrogens is 2. The predicted octanol–water partition coefficient (Wildman–Crippen LogP) is 5.92. The van der Waals surface area contributed by atoms with Crippen LogP contribution in [0.15, 0.2) is 66.7 Å². The Labute approximate surface area is 140 Å². The van der Waals surface area contributed by atoms with Crippen LogP contribution in [0.3, 0.4) is 0 Å². The molecule has 0 bridgehead atoms. The number of fused-ring (bicyclic) bond motifs is 8. The van der Waals surface area contributed by atoms with E-state index in [0.717, 1.165) is 11.2 Å². The SMILES string of the molecule is CC(C)c1ccc2c(c1)c1ccccc1n1c3ccccc3nc21. The quantitative estimate of drug-likeness (QED) is 0.351. The van der Waals surface area contributed by atoms with Crippen LogP contribution in [0, 0.1) is 0 Å². The van der Waals surface area contributed by atoms with Gasteiger partial charge < -0.3 is 0 Å². The van der Waals surface area contributed by atoms with Crippen LogP contribution in [-0.2, 0) is 0 Å². The highest BCUT2D eigenvalue weighted by Gasteiger charge is 2.13. The van der Waals surface area contributed by atoms with Gasteiger partial charge in [-0.1, -0.05) is 62.4 Å². The topological polar surface area (TPSA) is 17.3 Å². The summed E-state index contributed by atoms with van der Waals surface area (Å²) >= 11 is 0. The van der Waals surface area contributed by atoms with Crippen molar-refractivity contribution in [1.29, 1.82) is 0 Å². The minimum Gasteiger partial charge on any atom is -0.292 e. The van der Waals surface area contributed by atoms with Crippen molar-refractivity contribution in [3.8, 4) is 0 Å². The Morgan fingerprint density at radius 3 is 2.33 bits per heavy atom. The van der Waals surface area contributed by atoms with Crippen LogP contribution < -0.4 is 0 Å². The van der Waals surface area contributed by atoms with Crippen LogP contribution in [0.25, 0.3) is 38.4 Å². The molecule has 2 heterocycles. The highest BCUT2D eigenvalue weighted by Crippen LogP contribution is 2.33. The molecule has 2 aromatic heterocycles. The van der Waals surface area contributed by atoms with Crippen molar-refractivity contribution in [1.82, 2.24) is 9.38 Å². The number of imidazole rings is 1. The second kappa shape index (κ2) is 4.81. The fraction of sp³-hybridized carbons (Fsp3) is 0.136. The third kappa shape index (κ3) is 1.74. The molecule has 0 fully saturated rings. The van der Waals surface area contributed by atoms with E-state index in [0.29, 0.717) is 5.92 Å². The molecule has 0 amide bonds.